The van der Waals surface area contributed by atoms with E-state index in [2.05, 4.69) is 48.5 Å². The predicted molar refractivity (Wildman–Crippen MR) is 78.1 cm³/mol. The van der Waals surface area contributed by atoms with E-state index in [9.17, 15) is 0 Å². The summed E-state index contributed by atoms with van der Waals surface area (Å²) in [5.41, 5.74) is 0.590. The second-order valence-corrected chi connectivity index (χ2v) is 7.08. The van der Waals surface area contributed by atoms with E-state index >= 15 is 0 Å². The molecule has 0 heterocycles. The highest BCUT2D eigenvalue weighted by Crippen LogP contribution is 2.59. The van der Waals surface area contributed by atoms with Crippen LogP contribution in [0.15, 0.2) is 0 Å². The van der Waals surface area contributed by atoms with Crippen molar-refractivity contribution < 1.29 is 0 Å². The van der Waals surface area contributed by atoms with Gasteiger partial charge in [0.15, 0.2) is 0 Å². The van der Waals surface area contributed by atoms with E-state index in [1.807, 2.05) is 0 Å². The molecular formula is C17H34. The van der Waals surface area contributed by atoms with Gasteiger partial charge in [0.25, 0.3) is 0 Å². The molecule has 1 aliphatic carbocycles. The van der Waals surface area contributed by atoms with Crippen molar-refractivity contribution in [3.8, 4) is 0 Å². The molecular weight excluding hydrogens is 204 g/mol. The minimum atomic E-state index is 0.590. The second kappa shape index (κ2) is 5.76. The van der Waals surface area contributed by atoms with Crippen molar-refractivity contribution in [1.29, 1.82) is 0 Å². The van der Waals surface area contributed by atoms with E-state index in [0.717, 1.165) is 29.6 Å². The Labute approximate surface area is 110 Å². The molecule has 0 amide bonds. The van der Waals surface area contributed by atoms with Crippen molar-refractivity contribution in [2.45, 2.75) is 74.1 Å². The fourth-order valence-corrected chi connectivity index (χ4v) is 4.35. The maximum atomic E-state index is 2.49. The van der Waals surface area contributed by atoms with Gasteiger partial charge < -0.3 is 0 Å². The summed E-state index contributed by atoms with van der Waals surface area (Å²) in [5, 5.41) is 0. The van der Waals surface area contributed by atoms with Crippen LogP contribution in [-0.2, 0) is 0 Å². The van der Waals surface area contributed by atoms with Gasteiger partial charge in [-0.2, -0.15) is 0 Å². The fraction of sp³-hybridized carbons (Fsp3) is 1.00. The van der Waals surface area contributed by atoms with Crippen molar-refractivity contribution in [2.24, 2.45) is 35.0 Å². The quantitative estimate of drug-likeness (QED) is 0.551. The van der Waals surface area contributed by atoms with Crippen LogP contribution in [0.2, 0.25) is 0 Å². The summed E-state index contributed by atoms with van der Waals surface area (Å²) >= 11 is 0. The zero-order chi connectivity index (χ0) is 13.2. The molecule has 0 aromatic rings. The van der Waals surface area contributed by atoms with Gasteiger partial charge in [-0.1, -0.05) is 67.7 Å². The first kappa shape index (κ1) is 15.1. The minimum Gasteiger partial charge on any atom is -0.0651 e. The van der Waals surface area contributed by atoms with E-state index in [-0.39, 0.29) is 0 Å². The summed E-state index contributed by atoms with van der Waals surface area (Å²) in [6.07, 6.45) is 5.57. The highest BCUT2D eigenvalue weighted by molar-refractivity contribution is 5.01. The van der Waals surface area contributed by atoms with Crippen LogP contribution in [0, 0.1) is 35.0 Å². The van der Waals surface area contributed by atoms with Gasteiger partial charge in [0.2, 0.25) is 0 Å². The third-order valence-corrected chi connectivity index (χ3v) is 6.28. The zero-order valence-electron chi connectivity index (χ0n) is 13.2. The lowest BCUT2D eigenvalue weighted by Crippen LogP contribution is -2.52. The summed E-state index contributed by atoms with van der Waals surface area (Å²) < 4.78 is 0. The minimum absolute atomic E-state index is 0.590. The lowest BCUT2D eigenvalue weighted by atomic mass is 9.46. The highest BCUT2D eigenvalue weighted by atomic mass is 14.6. The topological polar surface area (TPSA) is 0 Å². The highest BCUT2D eigenvalue weighted by Gasteiger charge is 2.52. The van der Waals surface area contributed by atoms with E-state index in [1.54, 1.807) is 0 Å². The molecule has 0 spiro atoms. The number of rotatable bonds is 6. The van der Waals surface area contributed by atoms with Crippen molar-refractivity contribution in [3.63, 3.8) is 0 Å². The van der Waals surface area contributed by atoms with Crippen molar-refractivity contribution in [2.75, 3.05) is 0 Å². The maximum absolute atomic E-state index is 2.49. The smallest absolute Gasteiger partial charge is 0.0295 e. The van der Waals surface area contributed by atoms with Crippen LogP contribution in [0.5, 0.6) is 0 Å². The summed E-state index contributed by atoms with van der Waals surface area (Å²) in [5.74, 6) is 4.75. The molecule has 17 heavy (non-hydrogen) atoms. The van der Waals surface area contributed by atoms with Gasteiger partial charge in [-0.05, 0) is 41.4 Å². The Balaban J connectivity index is 2.62. The Bertz CT molecular complexity index is 228. The van der Waals surface area contributed by atoms with Gasteiger partial charge in [-0.15, -0.1) is 0 Å². The molecule has 0 saturated heterocycles. The average Bonchev–Trinajstić information content (AvgIpc) is 2.32. The monoisotopic (exact) mass is 238 g/mol. The molecule has 5 atom stereocenters. The molecule has 1 rings (SSSR count). The van der Waals surface area contributed by atoms with Gasteiger partial charge in [0, 0.05) is 0 Å². The number of hydrogen-bond acceptors (Lipinski definition) is 0. The Kier molecular flexibility index (Phi) is 5.10. The lowest BCUT2D eigenvalue weighted by Gasteiger charge is -2.59. The summed E-state index contributed by atoms with van der Waals surface area (Å²) in [4.78, 5) is 0. The molecule has 0 heteroatoms. The van der Waals surface area contributed by atoms with E-state index < -0.39 is 0 Å². The fourth-order valence-electron chi connectivity index (χ4n) is 4.35. The van der Waals surface area contributed by atoms with Crippen LogP contribution in [-0.4, -0.2) is 0 Å². The van der Waals surface area contributed by atoms with E-state index in [0.29, 0.717) is 5.41 Å². The zero-order valence-corrected chi connectivity index (χ0v) is 13.2. The van der Waals surface area contributed by atoms with Gasteiger partial charge in [0.05, 0.1) is 0 Å². The van der Waals surface area contributed by atoms with E-state index in [1.165, 1.54) is 25.7 Å². The molecule has 102 valence electrons. The Hall–Kier alpha value is 0. The van der Waals surface area contributed by atoms with Crippen LogP contribution < -0.4 is 0 Å². The molecule has 0 N–H and O–H groups in total. The summed E-state index contributed by atoms with van der Waals surface area (Å²) in [6.45, 7) is 17.0. The molecule has 0 aliphatic heterocycles. The molecule has 5 unspecified atom stereocenters. The number of hydrogen-bond donors (Lipinski definition) is 0. The van der Waals surface area contributed by atoms with Gasteiger partial charge in [0.1, 0.15) is 0 Å². The third-order valence-electron chi connectivity index (χ3n) is 6.28. The standard InChI is InChI=1S/C17H34/c1-8-12(4)14(9-2)11-15-13(5)17(6,7)16(15)10-3/h12-16H,8-11H2,1-7H3. The first-order valence-electron chi connectivity index (χ1n) is 7.89. The van der Waals surface area contributed by atoms with Crippen molar-refractivity contribution in [1.82, 2.24) is 0 Å². The Morgan fingerprint density at radius 2 is 1.65 bits per heavy atom. The average molecular weight is 238 g/mol. The van der Waals surface area contributed by atoms with Gasteiger partial charge in [-0.25, -0.2) is 0 Å². The van der Waals surface area contributed by atoms with Crippen LogP contribution in [0.1, 0.15) is 74.1 Å². The molecule has 1 fully saturated rings. The molecule has 1 aliphatic rings. The van der Waals surface area contributed by atoms with Crippen molar-refractivity contribution >= 4 is 0 Å². The van der Waals surface area contributed by atoms with Crippen LogP contribution in [0.3, 0.4) is 0 Å². The largest absolute Gasteiger partial charge is 0.0651 e. The van der Waals surface area contributed by atoms with Gasteiger partial charge in [-0.3, -0.25) is 0 Å². The van der Waals surface area contributed by atoms with Crippen LogP contribution >= 0.6 is 0 Å². The second-order valence-electron chi connectivity index (χ2n) is 7.08. The molecule has 0 aromatic carbocycles. The summed E-state index contributed by atoms with van der Waals surface area (Å²) in [7, 11) is 0. The van der Waals surface area contributed by atoms with E-state index in [4.69, 9.17) is 0 Å². The van der Waals surface area contributed by atoms with Crippen LogP contribution in [0.25, 0.3) is 0 Å². The Morgan fingerprint density at radius 1 is 1.06 bits per heavy atom. The first-order chi connectivity index (χ1) is 7.89. The molecule has 0 bridgehead atoms. The molecule has 0 radical (unpaired) electrons. The molecule has 0 nitrogen and oxygen atoms in total. The van der Waals surface area contributed by atoms with Crippen molar-refractivity contribution in [3.05, 3.63) is 0 Å². The third kappa shape index (κ3) is 2.71. The SMILES string of the molecule is CCC(C)C(CC)CC1C(C)C(C)(C)C1CC. The molecule has 1 saturated carbocycles. The van der Waals surface area contributed by atoms with Gasteiger partial charge >= 0.3 is 0 Å². The predicted octanol–water partition coefficient (Wildman–Crippen LogP) is 5.77. The normalized spacial score (nSPS) is 35.1. The first-order valence-corrected chi connectivity index (χ1v) is 7.89. The maximum Gasteiger partial charge on any atom is -0.0295 e. The Morgan fingerprint density at radius 3 is 2.06 bits per heavy atom. The summed E-state index contributed by atoms with van der Waals surface area (Å²) in [6, 6.07) is 0. The van der Waals surface area contributed by atoms with Crippen LogP contribution in [0.4, 0.5) is 0 Å². The lowest BCUT2D eigenvalue weighted by molar-refractivity contribution is -0.102. The molecule has 0 aromatic heterocycles.